The van der Waals surface area contributed by atoms with E-state index in [-0.39, 0.29) is 6.29 Å². The first-order valence-electron chi connectivity index (χ1n) is 11.6. The molecule has 0 aromatic carbocycles. The van der Waals surface area contributed by atoms with Crippen molar-refractivity contribution in [2.45, 2.75) is 136 Å². The molecule has 26 heavy (non-hydrogen) atoms. The minimum Gasteiger partial charge on any atom is -0.350 e. The van der Waals surface area contributed by atoms with Gasteiger partial charge >= 0.3 is 0 Å². The quantitative estimate of drug-likeness (QED) is 0.236. The summed E-state index contributed by atoms with van der Waals surface area (Å²) >= 11 is 0. The van der Waals surface area contributed by atoms with Gasteiger partial charge in [0, 0.05) is 6.61 Å². The van der Waals surface area contributed by atoms with Gasteiger partial charge in [0.1, 0.15) is 6.61 Å². The van der Waals surface area contributed by atoms with Gasteiger partial charge in [0.25, 0.3) is 0 Å². The van der Waals surface area contributed by atoms with Crippen molar-refractivity contribution in [3.05, 3.63) is 0 Å². The zero-order valence-corrected chi connectivity index (χ0v) is 18.0. The first-order valence-corrected chi connectivity index (χ1v) is 11.6. The molecule has 3 nitrogen and oxygen atoms in total. The highest BCUT2D eigenvalue weighted by atomic mass is 16.8. The fourth-order valence-corrected chi connectivity index (χ4v) is 3.60. The lowest BCUT2D eigenvalue weighted by atomic mass is 10.0. The van der Waals surface area contributed by atoms with Gasteiger partial charge in [-0.25, -0.2) is 0 Å². The molecule has 1 fully saturated rings. The normalized spacial score (nSPS) is 19.3. The van der Waals surface area contributed by atoms with Crippen LogP contribution in [0.25, 0.3) is 0 Å². The smallest absolute Gasteiger partial charge is 0.184 e. The SMILES string of the molecule is CCCCCCCCCCCCCCCCCCOC1COC(C)(C)O1. The molecule has 0 bridgehead atoms. The van der Waals surface area contributed by atoms with Crippen LogP contribution in [0.5, 0.6) is 0 Å². The van der Waals surface area contributed by atoms with Gasteiger partial charge < -0.3 is 14.2 Å². The highest BCUT2D eigenvalue weighted by molar-refractivity contribution is 4.64. The highest BCUT2D eigenvalue weighted by Crippen LogP contribution is 2.23. The fourth-order valence-electron chi connectivity index (χ4n) is 3.60. The molecule has 0 aromatic heterocycles. The van der Waals surface area contributed by atoms with Crippen LogP contribution in [0.2, 0.25) is 0 Å². The van der Waals surface area contributed by atoms with E-state index in [4.69, 9.17) is 14.2 Å². The van der Waals surface area contributed by atoms with Crippen molar-refractivity contribution >= 4 is 0 Å². The average molecular weight is 371 g/mol. The van der Waals surface area contributed by atoms with E-state index in [2.05, 4.69) is 6.92 Å². The van der Waals surface area contributed by atoms with Gasteiger partial charge in [0.15, 0.2) is 12.1 Å². The second kappa shape index (κ2) is 15.9. The van der Waals surface area contributed by atoms with E-state index >= 15 is 0 Å². The van der Waals surface area contributed by atoms with E-state index in [0.717, 1.165) is 13.0 Å². The molecule has 1 heterocycles. The lowest BCUT2D eigenvalue weighted by Crippen LogP contribution is -2.23. The van der Waals surface area contributed by atoms with Gasteiger partial charge in [-0.3, -0.25) is 0 Å². The molecule has 0 aromatic rings. The van der Waals surface area contributed by atoms with Crippen molar-refractivity contribution < 1.29 is 14.2 Å². The number of ether oxygens (including phenoxy) is 3. The van der Waals surface area contributed by atoms with E-state index < -0.39 is 5.79 Å². The van der Waals surface area contributed by atoms with Crippen LogP contribution in [0.15, 0.2) is 0 Å². The van der Waals surface area contributed by atoms with E-state index in [1.54, 1.807) is 0 Å². The number of hydrogen-bond acceptors (Lipinski definition) is 3. The number of unbranched alkanes of at least 4 members (excludes halogenated alkanes) is 15. The van der Waals surface area contributed by atoms with Crippen LogP contribution in [0.1, 0.15) is 124 Å². The van der Waals surface area contributed by atoms with Gasteiger partial charge in [-0.2, -0.15) is 0 Å². The zero-order valence-electron chi connectivity index (χ0n) is 18.0. The van der Waals surface area contributed by atoms with Gasteiger partial charge in [0.2, 0.25) is 0 Å². The van der Waals surface area contributed by atoms with E-state index in [1.807, 2.05) is 13.8 Å². The second-order valence-electron chi connectivity index (χ2n) is 8.43. The lowest BCUT2D eigenvalue weighted by molar-refractivity contribution is -0.190. The summed E-state index contributed by atoms with van der Waals surface area (Å²) in [5, 5.41) is 0. The first-order chi connectivity index (χ1) is 12.6. The summed E-state index contributed by atoms with van der Waals surface area (Å²) in [6, 6.07) is 0. The van der Waals surface area contributed by atoms with Crippen molar-refractivity contribution in [3.8, 4) is 0 Å². The van der Waals surface area contributed by atoms with Crippen LogP contribution in [0.3, 0.4) is 0 Å². The predicted molar refractivity (Wildman–Crippen MR) is 110 cm³/mol. The zero-order chi connectivity index (χ0) is 18.9. The molecular formula is C23H46O3. The number of rotatable bonds is 18. The molecule has 1 aliphatic rings. The Morgan fingerprint density at radius 3 is 1.50 bits per heavy atom. The van der Waals surface area contributed by atoms with Gasteiger partial charge in [0.05, 0.1) is 0 Å². The molecule has 0 N–H and O–H groups in total. The summed E-state index contributed by atoms with van der Waals surface area (Å²) in [6.45, 7) is 7.52. The minimum absolute atomic E-state index is 0.165. The van der Waals surface area contributed by atoms with Crippen LogP contribution in [-0.4, -0.2) is 25.3 Å². The van der Waals surface area contributed by atoms with Crippen molar-refractivity contribution in [1.82, 2.24) is 0 Å². The Morgan fingerprint density at radius 1 is 0.692 bits per heavy atom. The second-order valence-corrected chi connectivity index (χ2v) is 8.43. The van der Waals surface area contributed by atoms with Crippen molar-refractivity contribution in [2.75, 3.05) is 13.2 Å². The lowest BCUT2D eigenvalue weighted by Gasteiger charge is -2.16. The Balaban J connectivity index is 1.69. The Hall–Kier alpha value is -0.120. The molecule has 1 aliphatic heterocycles. The third-order valence-electron chi connectivity index (χ3n) is 5.28. The van der Waals surface area contributed by atoms with Gasteiger partial charge in [-0.15, -0.1) is 0 Å². The molecule has 0 aliphatic carbocycles. The van der Waals surface area contributed by atoms with Crippen LogP contribution in [-0.2, 0) is 14.2 Å². The molecule has 156 valence electrons. The van der Waals surface area contributed by atoms with Crippen LogP contribution >= 0.6 is 0 Å². The molecular weight excluding hydrogens is 324 g/mol. The Bertz CT molecular complexity index is 304. The molecule has 1 saturated heterocycles. The molecule has 0 amide bonds. The average Bonchev–Trinajstić information content (AvgIpc) is 2.96. The predicted octanol–water partition coefficient (Wildman–Crippen LogP) is 7.37. The Labute approximate surface area is 163 Å². The monoisotopic (exact) mass is 370 g/mol. The maximum absolute atomic E-state index is 5.71. The molecule has 3 heteroatoms. The largest absolute Gasteiger partial charge is 0.350 e. The molecule has 1 rings (SSSR count). The topological polar surface area (TPSA) is 27.7 Å². The maximum atomic E-state index is 5.71. The molecule has 1 atom stereocenters. The van der Waals surface area contributed by atoms with Crippen LogP contribution in [0.4, 0.5) is 0 Å². The Kier molecular flexibility index (Phi) is 14.6. The third-order valence-corrected chi connectivity index (χ3v) is 5.28. The third kappa shape index (κ3) is 14.0. The molecule has 0 spiro atoms. The maximum Gasteiger partial charge on any atom is 0.184 e. The van der Waals surface area contributed by atoms with Gasteiger partial charge in [-0.1, -0.05) is 103 Å². The number of hydrogen-bond donors (Lipinski definition) is 0. The highest BCUT2D eigenvalue weighted by Gasteiger charge is 2.32. The van der Waals surface area contributed by atoms with E-state index in [0.29, 0.717) is 6.61 Å². The fraction of sp³-hybridized carbons (Fsp3) is 1.00. The summed E-state index contributed by atoms with van der Waals surface area (Å²) < 4.78 is 16.8. The van der Waals surface area contributed by atoms with Crippen LogP contribution < -0.4 is 0 Å². The summed E-state index contributed by atoms with van der Waals surface area (Å²) in [4.78, 5) is 0. The van der Waals surface area contributed by atoms with E-state index in [1.165, 1.54) is 96.3 Å². The summed E-state index contributed by atoms with van der Waals surface area (Å²) in [5.74, 6) is -0.473. The summed E-state index contributed by atoms with van der Waals surface area (Å²) in [6.07, 6.45) is 22.2. The van der Waals surface area contributed by atoms with E-state index in [9.17, 15) is 0 Å². The van der Waals surface area contributed by atoms with Crippen molar-refractivity contribution in [3.63, 3.8) is 0 Å². The first kappa shape index (κ1) is 23.9. The standard InChI is InChI=1S/C23H46O3/c1-4-5-6-7-8-9-10-11-12-13-14-15-16-17-18-19-20-24-22-21-25-23(2,3)26-22/h22H,4-21H2,1-3H3. The van der Waals surface area contributed by atoms with Gasteiger partial charge in [-0.05, 0) is 20.3 Å². The molecule has 1 unspecified atom stereocenters. The summed E-state index contributed by atoms with van der Waals surface area (Å²) in [7, 11) is 0. The summed E-state index contributed by atoms with van der Waals surface area (Å²) in [5.41, 5.74) is 0. The van der Waals surface area contributed by atoms with Crippen LogP contribution in [0, 0.1) is 0 Å². The van der Waals surface area contributed by atoms with Crippen molar-refractivity contribution in [1.29, 1.82) is 0 Å². The molecule has 0 saturated carbocycles. The Morgan fingerprint density at radius 2 is 1.12 bits per heavy atom. The minimum atomic E-state index is -0.473. The van der Waals surface area contributed by atoms with Crippen molar-refractivity contribution in [2.24, 2.45) is 0 Å². The molecule has 0 radical (unpaired) electrons.